The van der Waals surface area contributed by atoms with Crippen molar-refractivity contribution in [2.24, 2.45) is 0 Å². The van der Waals surface area contributed by atoms with Crippen molar-refractivity contribution in [1.82, 2.24) is 20.5 Å². The van der Waals surface area contributed by atoms with Crippen LogP contribution in [0.15, 0.2) is 12.1 Å². The number of nitro groups is 1. The van der Waals surface area contributed by atoms with Gasteiger partial charge in [0.1, 0.15) is 5.44 Å². The zero-order chi connectivity index (χ0) is 15.9. The van der Waals surface area contributed by atoms with Crippen LogP contribution >= 0.6 is 8.38 Å². The SMILES string of the molecule is O=[N+]([O-])c1cc(CN2CCNCCNCC2)nc(P(O)O)c1. The van der Waals surface area contributed by atoms with E-state index in [0.717, 1.165) is 45.3 Å². The fraction of sp³-hybridized carbons (Fsp3) is 0.583. The number of aromatic nitrogens is 1. The average Bonchev–Trinajstić information content (AvgIpc) is 2.61. The predicted octanol–water partition coefficient (Wildman–Crippen LogP) is -1.09. The van der Waals surface area contributed by atoms with Crippen molar-refractivity contribution in [2.75, 3.05) is 39.3 Å². The molecule has 9 nitrogen and oxygen atoms in total. The summed E-state index contributed by atoms with van der Waals surface area (Å²) in [6, 6.07) is 2.49. The highest BCUT2D eigenvalue weighted by Crippen LogP contribution is 2.24. The molecular weight excluding hydrogens is 309 g/mol. The molecule has 1 saturated heterocycles. The summed E-state index contributed by atoms with van der Waals surface area (Å²) in [4.78, 5) is 35.2. The smallest absolute Gasteiger partial charge is 0.273 e. The highest BCUT2D eigenvalue weighted by Gasteiger charge is 2.17. The Bertz CT molecular complexity index is 506. The molecule has 0 amide bonds. The van der Waals surface area contributed by atoms with Crippen molar-refractivity contribution < 1.29 is 14.7 Å². The lowest BCUT2D eigenvalue weighted by atomic mass is 10.3. The lowest BCUT2D eigenvalue weighted by Gasteiger charge is -2.21. The molecule has 22 heavy (non-hydrogen) atoms. The lowest BCUT2D eigenvalue weighted by Crippen LogP contribution is -2.34. The number of hydrogen-bond acceptors (Lipinski definition) is 8. The van der Waals surface area contributed by atoms with E-state index in [0.29, 0.717) is 12.2 Å². The van der Waals surface area contributed by atoms with Crippen LogP contribution in [0.5, 0.6) is 0 Å². The van der Waals surface area contributed by atoms with Crippen molar-refractivity contribution in [2.45, 2.75) is 6.54 Å². The molecule has 1 aromatic rings. The maximum Gasteiger partial charge on any atom is 0.273 e. The lowest BCUT2D eigenvalue weighted by molar-refractivity contribution is -0.384. The van der Waals surface area contributed by atoms with Gasteiger partial charge in [0.2, 0.25) is 8.38 Å². The second-order valence-corrected chi connectivity index (χ2v) is 6.03. The molecule has 0 unspecified atom stereocenters. The topological polar surface area (TPSA) is 124 Å². The number of nitrogens with zero attached hydrogens (tertiary/aromatic N) is 3. The number of hydrogen-bond donors (Lipinski definition) is 4. The quantitative estimate of drug-likeness (QED) is 0.312. The maximum absolute atomic E-state index is 11.0. The zero-order valence-corrected chi connectivity index (χ0v) is 13.0. The van der Waals surface area contributed by atoms with Crippen molar-refractivity contribution in [3.63, 3.8) is 0 Å². The first-order chi connectivity index (χ1) is 10.6. The summed E-state index contributed by atoms with van der Waals surface area (Å²) in [5, 5.41) is 17.5. The van der Waals surface area contributed by atoms with E-state index in [1.54, 1.807) is 0 Å². The van der Waals surface area contributed by atoms with Gasteiger partial charge in [0.15, 0.2) is 0 Å². The molecule has 0 aliphatic carbocycles. The third-order valence-corrected chi connectivity index (χ3v) is 3.98. The fourth-order valence-electron chi connectivity index (χ4n) is 2.25. The Morgan fingerprint density at radius 1 is 1.23 bits per heavy atom. The number of nitrogens with one attached hydrogen (secondary N) is 2. The summed E-state index contributed by atoms with van der Waals surface area (Å²) in [5.74, 6) is 0. The maximum atomic E-state index is 11.0. The van der Waals surface area contributed by atoms with E-state index in [1.807, 2.05) is 0 Å². The average molecular weight is 329 g/mol. The van der Waals surface area contributed by atoms with Crippen LogP contribution in [0, 0.1) is 10.1 Å². The molecule has 2 heterocycles. The Balaban J connectivity index is 2.13. The third-order valence-electron chi connectivity index (χ3n) is 3.34. The number of pyridine rings is 1. The van der Waals surface area contributed by atoms with E-state index in [2.05, 4.69) is 20.5 Å². The van der Waals surface area contributed by atoms with Crippen LogP contribution < -0.4 is 16.1 Å². The monoisotopic (exact) mass is 329 g/mol. The van der Waals surface area contributed by atoms with Gasteiger partial charge >= 0.3 is 0 Å². The van der Waals surface area contributed by atoms with Crippen LogP contribution in [0.3, 0.4) is 0 Å². The van der Waals surface area contributed by atoms with Gasteiger partial charge in [0.25, 0.3) is 5.69 Å². The summed E-state index contributed by atoms with van der Waals surface area (Å²) in [6.07, 6.45) is 0. The molecule has 1 aliphatic heterocycles. The van der Waals surface area contributed by atoms with E-state index >= 15 is 0 Å². The molecule has 2 rings (SSSR count). The van der Waals surface area contributed by atoms with Gasteiger partial charge in [-0.2, -0.15) is 0 Å². The zero-order valence-electron chi connectivity index (χ0n) is 12.1. The van der Waals surface area contributed by atoms with Crippen molar-refractivity contribution in [3.8, 4) is 0 Å². The van der Waals surface area contributed by atoms with Crippen LogP contribution in [0.2, 0.25) is 0 Å². The second kappa shape index (κ2) is 8.42. The first-order valence-electron chi connectivity index (χ1n) is 7.03. The van der Waals surface area contributed by atoms with E-state index in [-0.39, 0.29) is 11.1 Å². The molecule has 1 aliphatic rings. The minimum absolute atomic E-state index is 0.0419. The van der Waals surface area contributed by atoms with E-state index < -0.39 is 13.3 Å². The van der Waals surface area contributed by atoms with Crippen molar-refractivity contribution >= 4 is 19.5 Å². The second-order valence-electron chi connectivity index (χ2n) is 5.00. The molecule has 1 fully saturated rings. The summed E-state index contributed by atoms with van der Waals surface area (Å²) >= 11 is 0. The molecule has 0 aromatic carbocycles. The Labute approximate surface area is 129 Å². The summed E-state index contributed by atoms with van der Waals surface area (Å²) in [5.41, 5.74) is 0.259. The fourth-order valence-corrected chi connectivity index (χ4v) is 2.71. The number of rotatable bonds is 4. The molecular formula is C12H20N5O4P. The van der Waals surface area contributed by atoms with Crippen LogP contribution in [-0.4, -0.2) is 63.9 Å². The Kier molecular flexibility index (Phi) is 6.56. The van der Waals surface area contributed by atoms with E-state index in [1.165, 1.54) is 6.07 Å². The first kappa shape index (κ1) is 17.1. The van der Waals surface area contributed by atoms with Gasteiger partial charge in [-0.3, -0.25) is 15.0 Å². The van der Waals surface area contributed by atoms with Gasteiger partial charge in [-0.05, 0) is 0 Å². The van der Waals surface area contributed by atoms with Gasteiger partial charge in [-0.1, -0.05) is 0 Å². The van der Waals surface area contributed by atoms with Crippen LogP contribution in [0.1, 0.15) is 5.69 Å². The third kappa shape index (κ3) is 5.20. The van der Waals surface area contributed by atoms with Crippen molar-refractivity contribution in [1.29, 1.82) is 0 Å². The molecule has 10 heteroatoms. The van der Waals surface area contributed by atoms with Gasteiger partial charge < -0.3 is 20.4 Å². The largest absolute Gasteiger partial charge is 0.346 e. The van der Waals surface area contributed by atoms with Crippen LogP contribution in [-0.2, 0) is 6.54 Å². The molecule has 0 saturated carbocycles. The minimum atomic E-state index is -2.45. The molecule has 0 atom stereocenters. The Hall–Kier alpha value is -1.22. The Morgan fingerprint density at radius 2 is 1.86 bits per heavy atom. The highest BCUT2D eigenvalue weighted by atomic mass is 31.2. The normalized spacial score (nSPS) is 17.8. The molecule has 0 bridgehead atoms. The van der Waals surface area contributed by atoms with Crippen molar-refractivity contribution in [3.05, 3.63) is 27.9 Å². The molecule has 0 radical (unpaired) electrons. The standard InChI is InChI=1S/C12H20N5O4P/c18-17(19)11-7-10(15-12(8-11)22(20)21)9-16-5-3-13-1-2-14-4-6-16/h7-8,13-14,20-21H,1-6,9H2. The van der Waals surface area contributed by atoms with E-state index in [9.17, 15) is 19.9 Å². The molecule has 4 N–H and O–H groups in total. The summed E-state index contributed by atoms with van der Waals surface area (Å²) < 4.78 is 0. The predicted molar refractivity (Wildman–Crippen MR) is 82.9 cm³/mol. The first-order valence-corrected chi connectivity index (χ1v) is 8.28. The molecule has 122 valence electrons. The van der Waals surface area contributed by atoms with Gasteiger partial charge in [0, 0.05) is 57.9 Å². The van der Waals surface area contributed by atoms with Gasteiger partial charge in [-0.15, -0.1) is 0 Å². The molecule has 0 spiro atoms. The van der Waals surface area contributed by atoms with Crippen LogP contribution in [0.25, 0.3) is 0 Å². The van der Waals surface area contributed by atoms with Gasteiger partial charge in [-0.25, -0.2) is 4.98 Å². The summed E-state index contributed by atoms with van der Waals surface area (Å²) in [7, 11) is -2.45. The van der Waals surface area contributed by atoms with Gasteiger partial charge in [0.05, 0.1) is 10.6 Å². The van der Waals surface area contributed by atoms with E-state index in [4.69, 9.17) is 0 Å². The van der Waals surface area contributed by atoms with Crippen LogP contribution in [0.4, 0.5) is 5.69 Å². The minimum Gasteiger partial charge on any atom is -0.346 e. The molecule has 1 aromatic heterocycles. The highest BCUT2D eigenvalue weighted by molar-refractivity contribution is 7.53. The Morgan fingerprint density at radius 3 is 2.41 bits per heavy atom. The summed E-state index contributed by atoms with van der Waals surface area (Å²) in [6.45, 7) is 5.51.